The number of aliphatic hydroxyl groups is 1. The zero-order valence-electron chi connectivity index (χ0n) is 12.5. The van der Waals surface area contributed by atoms with Crippen LogP contribution in [0.2, 0.25) is 0 Å². The number of ether oxygens (including phenoxy) is 2. The van der Waals surface area contributed by atoms with Gasteiger partial charge in [-0.25, -0.2) is 9.59 Å². The second-order valence-corrected chi connectivity index (χ2v) is 6.51. The second-order valence-electron chi connectivity index (χ2n) is 6.51. The predicted molar refractivity (Wildman–Crippen MR) is 71.0 cm³/mol. The highest BCUT2D eigenvalue weighted by atomic mass is 16.6. The molecule has 1 amide bonds. The van der Waals surface area contributed by atoms with E-state index in [2.05, 4.69) is 0 Å². The van der Waals surface area contributed by atoms with E-state index in [1.165, 1.54) is 12.0 Å². The van der Waals surface area contributed by atoms with Gasteiger partial charge >= 0.3 is 12.1 Å². The zero-order valence-corrected chi connectivity index (χ0v) is 12.5. The van der Waals surface area contributed by atoms with E-state index >= 15 is 0 Å². The van der Waals surface area contributed by atoms with E-state index in [9.17, 15) is 14.7 Å². The molecular formula is C14H23NO5. The summed E-state index contributed by atoms with van der Waals surface area (Å²) in [6.45, 7) is 5.32. The number of aliphatic hydroxyl groups excluding tert-OH is 1. The average Bonchev–Trinajstić information content (AvgIpc) is 2.88. The number of likely N-dealkylation sites (tertiary alicyclic amines) is 1. The molecule has 0 unspecified atom stereocenters. The lowest BCUT2D eigenvalue weighted by molar-refractivity contribution is -0.149. The summed E-state index contributed by atoms with van der Waals surface area (Å²) in [5.74, 6) is -0.649. The SMILES string of the molecule is COC(=O)[C@H]1[C@H](O)[C@H]2CCC[C@H]2N1C(=O)OC(C)(C)C. The van der Waals surface area contributed by atoms with Gasteiger partial charge in [0, 0.05) is 12.0 Å². The molecule has 0 aromatic carbocycles. The number of esters is 1. The van der Waals surface area contributed by atoms with Crippen molar-refractivity contribution in [2.24, 2.45) is 5.92 Å². The number of carbonyl (C=O) groups is 2. The van der Waals surface area contributed by atoms with Crippen LogP contribution < -0.4 is 0 Å². The summed E-state index contributed by atoms with van der Waals surface area (Å²) in [5.41, 5.74) is -0.639. The molecule has 0 aromatic rings. The van der Waals surface area contributed by atoms with Gasteiger partial charge in [-0.2, -0.15) is 0 Å². The molecule has 6 nitrogen and oxygen atoms in total. The first-order chi connectivity index (χ1) is 9.26. The lowest BCUT2D eigenvalue weighted by Gasteiger charge is -2.31. The summed E-state index contributed by atoms with van der Waals surface area (Å²) in [4.78, 5) is 25.7. The summed E-state index contributed by atoms with van der Waals surface area (Å²) in [6, 6.07) is -1.09. The van der Waals surface area contributed by atoms with Gasteiger partial charge in [-0.15, -0.1) is 0 Å². The first-order valence-electron chi connectivity index (χ1n) is 7.03. The maximum atomic E-state index is 12.4. The van der Waals surface area contributed by atoms with Crippen LogP contribution >= 0.6 is 0 Å². The Morgan fingerprint density at radius 3 is 2.45 bits per heavy atom. The molecular weight excluding hydrogens is 262 g/mol. The van der Waals surface area contributed by atoms with Crippen LogP contribution in [0.15, 0.2) is 0 Å². The summed E-state index contributed by atoms with van der Waals surface area (Å²) in [6.07, 6.45) is 1.12. The summed E-state index contributed by atoms with van der Waals surface area (Å²) < 4.78 is 10.1. The summed E-state index contributed by atoms with van der Waals surface area (Å²) >= 11 is 0. The number of fused-ring (bicyclic) bond motifs is 1. The number of carbonyl (C=O) groups excluding carboxylic acids is 2. The number of nitrogens with zero attached hydrogens (tertiary/aromatic N) is 1. The highest BCUT2D eigenvalue weighted by molar-refractivity contribution is 5.83. The molecule has 1 heterocycles. The van der Waals surface area contributed by atoms with Gasteiger partial charge in [-0.1, -0.05) is 6.42 Å². The van der Waals surface area contributed by atoms with Crippen molar-refractivity contribution in [3.8, 4) is 0 Å². The van der Waals surface area contributed by atoms with Crippen LogP contribution in [-0.2, 0) is 14.3 Å². The molecule has 6 heteroatoms. The Balaban J connectivity index is 2.25. The maximum absolute atomic E-state index is 12.4. The summed E-state index contributed by atoms with van der Waals surface area (Å²) in [7, 11) is 1.26. The maximum Gasteiger partial charge on any atom is 0.411 e. The van der Waals surface area contributed by atoms with Gasteiger partial charge in [0.2, 0.25) is 0 Å². The fourth-order valence-electron chi connectivity index (χ4n) is 3.26. The third kappa shape index (κ3) is 2.61. The van der Waals surface area contributed by atoms with Crippen molar-refractivity contribution in [3.05, 3.63) is 0 Å². The van der Waals surface area contributed by atoms with Crippen molar-refractivity contribution in [2.75, 3.05) is 7.11 Å². The Bertz CT molecular complexity index is 403. The largest absolute Gasteiger partial charge is 0.467 e. The fourth-order valence-corrected chi connectivity index (χ4v) is 3.26. The molecule has 114 valence electrons. The van der Waals surface area contributed by atoms with Crippen LogP contribution in [0.3, 0.4) is 0 Å². The van der Waals surface area contributed by atoms with E-state index in [1.807, 2.05) is 0 Å². The third-order valence-corrected chi connectivity index (χ3v) is 4.00. The lowest BCUT2D eigenvalue weighted by atomic mass is 9.98. The van der Waals surface area contributed by atoms with Crippen molar-refractivity contribution >= 4 is 12.1 Å². The molecule has 1 aliphatic carbocycles. The van der Waals surface area contributed by atoms with Crippen molar-refractivity contribution in [2.45, 2.75) is 63.8 Å². The van der Waals surface area contributed by atoms with E-state index in [0.717, 1.165) is 19.3 Å². The topological polar surface area (TPSA) is 76.1 Å². The van der Waals surface area contributed by atoms with Gasteiger partial charge < -0.3 is 14.6 Å². The first kappa shape index (κ1) is 15.1. The number of hydrogen-bond donors (Lipinski definition) is 1. The van der Waals surface area contributed by atoms with Crippen molar-refractivity contribution in [1.82, 2.24) is 4.90 Å². The molecule has 2 rings (SSSR count). The number of methoxy groups -OCH3 is 1. The minimum atomic E-state index is -0.954. The monoisotopic (exact) mass is 285 g/mol. The molecule has 0 bridgehead atoms. The van der Waals surface area contributed by atoms with E-state index in [4.69, 9.17) is 9.47 Å². The molecule has 0 spiro atoms. The van der Waals surface area contributed by atoms with E-state index in [1.54, 1.807) is 20.8 Å². The smallest absolute Gasteiger partial charge is 0.411 e. The van der Waals surface area contributed by atoms with Crippen LogP contribution in [0.1, 0.15) is 40.0 Å². The lowest BCUT2D eigenvalue weighted by Crippen LogP contribution is -2.50. The van der Waals surface area contributed by atoms with Gasteiger partial charge in [0.15, 0.2) is 6.04 Å². The normalized spacial score (nSPS) is 33.0. The van der Waals surface area contributed by atoms with Gasteiger partial charge in [0.25, 0.3) is 0 Å². The number of hydrogen-bond acceptors (Lipinski definition) is 5. The van der Waals surface area contributed by atoms with Gasteiger partial charge in [0.05, 0.1) is 13.2 Å². The van der Waals surface area contributed by atoms with Crippen molar-refractivity contribution in [1.29, 1.82) is 0 Å². The quantitative estimate of drug-likeness (QED) is 0.735. The van der Waals surface area contributed by atoms with Gasteiger partial charge in [0.1, 0.15) is 5.60 Å². The Morgan fingerprint density at radius 1 is 1.25 bits per heavy atom. The van der Waals surface area contributed by atoms with E-state index < -0.39 is 29.8 Å². The van der Waals surface area contributed by atoms with Crippen LogP contribution in [0, 0.1) is 5.92 Å². The molecule has 4 atom stereocenters. The molecule has 2 fully saturated rings. The molecule has 2 aliphatic rings. The average molecular weight is 285 g/mol. The number of amides is 1. The highest BCUT2D eigenvalue weighted by Gasteiger charge is 2.56. The Hall–Kier alpha value is -1.30. The number of rotatable bonds is 1. The molecule has 1 saturated carbocycles. The van der Waals surface area contributed by atoms with E-state index in [0.29, 0.717) is 0 Å². The van der Waals surface area contributed by atoms with Crippen molar-refractivity contribution < 1.29 is 24.2 Å². The van der Waals surface area contributed by atoms with Gasteiger partial charge in [-0.05, 0) is 33.6 Å². The Morgan fingerprint density at radius 2 is 1.90 bits per heavy atom. The Labute approximate surface area is 119 Å². The van der Waals surface area contributed by atoms with Crippen LogP contribution in [-0.4, -0.2) is 53.0 Å². The molecule has 1 N–H and O–H groups in total. The second kappa shape index (κ2) is 5.24. The van der Waals surface area contributed by atoms with Crippen LogP contribution in [0.25, 0.3) is 0 Å². The molecule has 0 aromatic heterocycles. The molecule has 1 saturated heterocycles. The molecule has 0 radical (unpaired) electrons. The highest BCUT2D eigenvalue weighted by Crippen LogP contribution is 2.42. The first-order valence-corrected chi connectivity index (χ1v) is 7.03. The van der Waals surface area contributed by atoms with Crippen molar-refractivity contribution in [3.63, 3.8) is 0 Å². The van der Waals surface area contributed by atoms with Crippen LogP contribution in [0.4, 0.5) is 4.79 Å². The predicted octanol–water partition coefficient (Wildman–Crippen LogP) is 1.31. The fraction of sp³-hybridized carbons (Fsp3) is 0.857. The zero-order chi connectivity index (χ0) is 15.1. The molecule has 20 heavy (non-hydrogen) atoms. The van der Waals surface area contributed by atoms with E-state index in [-0.39, 0.29) is 12.0 Å². The minimum Gasteiger partial charge on any atom is -0.467 e. The molecule has 1 aliphatic heterocycles. The van der Waals surface area contributed by atoms with Gasteiger partial charge in [-0.3, -0.25) is 4.90 Å². The Kier molecular flexibility index (Phi) is 3.95. The van der Waals surface area contributed by atoms with Crippen LogP contribution in [0.5, 0.6) is 0 Å². The standard InChI is InChI=1S/C14H23NO5/c1-14(2,3)20-13(18)15-9-7-5-6-8(9)11(16)10(15)12(17)19-4/h8-11,16H,5-7H2,1-4H3/t8-,9+,10+,11+/m0/s1. The summed E-state index contributed by atoms with van der Waals surface area (Å²) in [5, 5.41) is 10.3. The minimum absolute atomic E-state index is 0.0633. The third-order valence-electron chi connectivity index (χ3n) is 4.00.